The van der Waals surface area contributed by atoms with Gasteiger partial charge in [0.25, 0.3) is 0 Å². The monoisotopic (exact) mass is 276 g/mol. The molecule has 2 rings (SSSR count). The second-order valence-corrected chi connectivity index (χ2v) is 5.90. The Labute approximate surface area is 120 Å². The van der Waals surface area contributed by atoms with Crippen LogP contribution in [0, 0.1) is 0 Å². The summed E-state index contributed by atoms with van der Waals surface area (Å²) in [7, 11) is 5.84. The number of likely N-dealkylation sites (N-methyl/N-ethyl adjacent to an activating group) is 1. The molecule has 4 nitrogen and oxygen atoms in total. The molecule has 2 aromatic rings. The Morgan fingerprint density at radius 3 is 2.70 bits per heavy atom. The minimum Gasteiger partial charge on any atom is -0.493 e. The summed E-state index contributed by atoms with van der Waals surface area (Å²) in [4.78, 5) is 2.21. The highest BCUT2D eigenvalue weighted by molar-refractivity contribution is 5.83. The van der Waals surface area contributed by atoms with Crippen LogP contribution in [0.4, 0.5) is 0 Å². The zero-order chi connectivity index (χ0) is 14.8. The third-order valence-corrected chi connectivity index (χ3v) is 3.85. The molecule has 0 aliphatic heterocycles. The molecule has 4 heteroatoms. The number of rotatable bonds is 6. The molecule has 0 spiro atoms. The van der Waals surface area contributed by atoms with Crippen molar-refractivity contribution < 1.29 is 9.15 Å². The molecule has 0 saturated carbocycles. The van der Waals surface area contributed by atoms with Crippen molar-refractivity contribution in [2.45, 2.75) is 25.9 Å². The first-order valence-electron chi connectivity index (χ1n) is 6.87. The van der Waals surface area contributed by atoms with Crippen molar-refractivity contribution in [2.24, 2.45) is 0 Å². The van der Waals surface area contributed by atoms with E-state index in [1.165, 1.54) is 0 Å². The molecule has 1 N–H and O–H groups in total. The van der Waals surface area contributed by atoms with E-state index in [1.807, 2.05) is 18.2 Å². The molecule has 0 amide bonds. The van der Waals surface area contributed by atoms with E-state index in [9.17, 15) is 0 Å². The second-order valence-electron chi connectivity index (χ2n) is 5.90. The van der Waals surface area contributed by atoms with Crippen molar-refractivity contribution in [3.8, 4) is 5.75 Å². The van der Waals surface area contributed by atoms with E-state index in [0.717, 1.165) is 35.6 Å². The molecule has 20 heavy (non-hydrogen) atoms. The van der Waals surface area contributed by atoms with Gasteiger partial charge in [-0.05, 0) is 40.1 Å². The zero-order valence-corrected chi connectivity index (χ0v) is 13.0. The number of nitrogens with one attached hydrogen (secondary N) is 1. The Hall–Kier alpha value is -1.52. The third-order valence-electron chi connectivity index (χ3n) is 3.85. The van der Waals surface area contributed by atoms with E-state index in [-0.39, 0.29) is 5.54 Å². The van der Waals surface area contributed by atoms with Crippen LogP contribution in [0.2, 0.25) is 0 Å². The summed E-state index contributed by atoms with van der Waals surface area (Å²) in [5.74, 6) is 1.71. The molecule has 1 aromatic carbocycles. The quantitative estimate of drug-likeness (QED) is 0.880. The van der Waals surface area contributed by atoms with Crippen LogP contribution >= 0.6 is 0 Å². The Kier molecular flexibility index (Phi) is 4.35. The van der Waals surface area contributed by atoms with Crippen LogP contribution in [0.25, 0.3) is 11.0 Å². The van der Waals surface area contributed by atoms with E-state index in [4.69, 9.17) is 9.15 Å². The lowest BCUT2D eigenvalue weighted by molar-refractivity contribution is 0.188. The molecule has 0 unspecified atom stereocenters. The number of benzene rings is 1. The van der Waals surface area contributed by atoms with Gasteiger partial charge in [-0.25, -0.2) is 0 Å². The van der Waals surface area contributed by atoms with E-state index >= 15 is 0 Å². The number of para-hydroxylation sites is 1. The number of hydrogen-bond acceptors (Lipinski definition) is 4. The van der Waals surface area contributed by atoms with Crippen LogP contribution in [0.5, 0.6) is 5.75 Å². The summed E-state index contributed by atoms with van der Waals surface area (Å²) in [6.07, 6.45) is 0. The van der Waals surface area contributed by atoms with Crippen molar-refractivity contribution >= 4 is 11.0 Å². The lowest BCUT2D eigenvalue weighted by atomic mass is 10.0. The third kappa shape index (κ3) is 3.14. The summed E-state index contributed by atoms with van der Waals surface area (Å²) in [6.45, 7) is 6.03. The SMILES string of the molecule is COc1cccc2cc(CNCC(C)(C)N(C)C)oc12. The number of hydrogen-bond donors (Lipinski definition) is 1. The standard InChI is InChI=1S/C16H24N2O2/c1-16(2,18(3)4)11-17-10-13-9-12-7-6-8-14(19-5)15(12)20-13/h6-9,17H,10-11H2,1-5H3. The molecule has 0 aliphatic rings. The predicted octanol–water partition coefficient (Wildman–Crippen LogP) is 2.87. The summed E-state index contributed by atoms with van der Waals surface area (Å²) in [6, 6.07) is 7.99. The van der Waals surface area contributed by atoms with Crippen LogP contribution in [-0.4, -0.2) is 38.2 Å². The van der Waals surface area contributed by atoms with Gasteiger partial charge in [0.2, 0.25) is 0 Å². The van der Waals surface area contributed by atoms with Crippen molar-refractivity contribution in [3.05, 3.63) is 30.0 Å². The highest BCUT2D eigenvalue weighted by Crippen LogP contribution is 2.28. The Morgan fingerprint density at radius 2 is 2.05 bits per heavy atom. The Balaban J connectivity index is 2.04. The van der Waals surface area contributed by atoms with Crippen molar-refractivity contribution in [1.29, 1.82) is 0 Å². The molecule has 1 heterocycles. The number of fused-ring (bicyclic) bond motifs is 1. The topological polar surface area (TPSA) is 37.6 Å². The van der Waals surface area contributed by atoms with Gasteiger partial charge >= 0.3 is 0 Å². The molecular formula is C16H24N2O2. The second kappa shape index (κ2) is 5.85. The Morgan fingerprint density at radius 1 is 1.30 bits per heavy atom. The lowest BCUT2D eigenvalue weighted by Crippen LogP contribution is -2.46. The summed E-state index contributed by atoms with van der Waals surface area (Å²) >= 11 is 0. The molecule has 0 saturated heterocycles. The van der Waals surface area contributed by atoms with Gasteiger partial charge in [-0.3, -0.25) is 0 Å². The molecule has 0 atom stereocenters. The summed E-state index contributed by atoms with van der Waals surface area (Å²) in [5, 5.41) is 4.52. The van der Waals surface area contributed by atoms with Gasteiger partial charge in [-0.1, -0.05) is 12.1 Å². The highest BCUT2D eigenvalue weighted by Gasteiger charge is 2.19. The number of nitrogens with zero attached hydrogens (tertiary/aromatic N) is 1. The molecular weight excluding hydrogens is 252 g/mol. The maximum absolute atomic E-state index is 5.86. The van der Waals surface area contributed by atoms with Crippen LogP contribution in [0.3, 0.4) is 0 Å². The van der Waals surface area contributed by atoms with Crippen LogP contribution < -0.4 is 10.1 Å². The van der Waals surface area contributed by atoms with E-state index in [2.05, 4.69) is 44.2 Å². The van der Waals surface area contributed by atoms with Crippen molar-refractivity contribution in [3.63, 3.8) is 0 Å². The maximum Gasteiger partial charge on any atom is 0.176 e. The van der Waals surface area contributed by atoms with Crippen LogP contribution in [0.15, 0.2) is 28.7 Å². The minimum atomic E-state index is 0.115. The number of methoxy groups -OCH3 is 1. The van der Waals surface area contributed by atoms with E-state index < -0.39 is 0 Å². The number of ether oxygens (including phenoxy) is 1. The van der Waals surface area contributed by atoms with Gasteiger partial charge < -0.3 is 19.4 Å². The van der Waals surface area contributed by atoms with Crippen molar-refractivity contribution in [1.82, 2.24) is 10.2 Å². The molecule has 0 aliphatic carbocycles. The normalized spacial score (nSPS) is 12.3. The van der Waals surface area contributed by atoms with Gasteiger partial charge in [0.05, 0.1) is 13.7 Å². The largest absolute Gasteiger partial charge is 0.493 e. The molecule has 110 valence electrons. The Bertz CT molecular complexity index is 573. The van der Waals surface area contributed by atoms with Crippen molar-refractivity contribution in [2.75, 3.05) is 27.7 Å². The first-order valence-corrected chi connectivity index (χ1v) is 6.87. The van der Waals surface area contributed by atoms with Crippen LogP contribution in [-0.2, 0) is 6.54 Å². The minimum absolute atomic E-state index is 0.115. The molecule has 1 aromatic heterocycles. The van der Waals surface area contributed by atoms with Gasteiger partial charge in [0, 0.05) is 17.5 Å². The van der Waals surface area contributed by atoms with Gasteiger partial charge in [-0.15, -0.1) is 0 Å². The fourth-order valence-electron chi connectivity index (χ4n) is 1.99. The highest BCUT2D eigenvalue weighted by atomic mass is 16.5. The fourth-order valence-corrected chi connectivity index (χ4v) is 1.99. The summed E-state index contributed by atoms with van der Waals surface area (Å²) in [5.41, 5.74) is 0.933. The average Bonchev–Trinajstić information content (AvgIpc) is 2.80. The van der Waals surface area contributed by atoms with Gasteiger partial charge in [-0.2, -0.15) is 0 Å². The van der Waals surface area contributed by atoms with Crippen LogP contribution in [0.1, 0.15) is 19.6 Å². The predicted molar refractivity (Wildman–Crippen MR) is 82.2 cm³/mol. The smallest absolute Gasteiger partial charge is 0.176 e. The average molecular weight is 276 g/mol. The number of furan rings is 1. The lowest BCUT2D eigenvalue weighted by Gasteiger charge is -2.32. The molecule has 0 radical (unpaired) electrons. The fraction of sp³-hybridized carbons (Fsp3) is 0.500. The van der Waals surface area contributed by atoms with E-state index in [0.29, 0.717) is 0 Å². The summed E-state index contributed by atoms with van der Waals surface area (Å²) < 4.78 is 11.2. The van der Waals surface area contributed by atoms with Gasteiger partial charge in [0.15, 0.2) is 11.3 Å². The molecule has 0 bridgehead atoms. The van der Waals surface area contributed by atoms with Gasteiger partial charge in [0.1, 0.15) is 5.76 Å². The first kappa shape index (κ1) is 14.9. The van der Waals surface area contributed by atoms with E-state index in [1.54, 1.807) is 7.11 Å². The zero-order valence-electron chi connectivity index (χ0n) is 13.0. The molecule has 0 fully saturated rings. The first-order chi connectivity index (χ1) is 9.44. The maximum atomic E-state index is 5.86.